The maximum Gasteiger partial charge on any atom is 0.488 e. The molecule has 0 atom stereocenters. The molecule has 0 aliphatic rings. The predicted octanol–water partition coefficient (Wildman–Crippen LogP) is 3.04. The third kappa shape index (κ3) is 5.73. The molecule has 0 amide bonds. The largest absolute Gasteiger partial charge is 0.488 e. The molecule has 0 bridgehead atoms. The van der Waals surface area contributed by atoms with Crippen molar-refractivity contribution in [1.29, 1.82) is 0 Å². The van der Waals surface area contributed by atoms with E-state index in [1.54, 1.807) is 0 Å². The van der Waals surface area contributed by atoms with E-state index in [-0.39, 0.29) is 0 Å². The van der Waals surface area contributed by atoms with Gasteiger partial charge in [-0.2, -0.15) is 0 Å². The highest BCUT2D eigenvalue weighted by Crippen LogP contribution is 2.00. The van der Waals surface area contributed by atoms with Crippen LogP contribution in [0, 0.1) is 0 Å². The van der Waals surface area contributed by atoms with E-state index in [2.05, 4.69) is 24.3 Å². The van der Waals surface area contributed by atoms with E-state index in [1.165, 1.54) is 18.8 Å². The number of rotatable bonds is 8. The van der Waals surface area contributed by atoms with Gasteiger partial charge in [-0.25, -0.2) is 0 Å². The molecule has 2 aromatic rings. The first-order valence-electron chi connectivity index (χ1n) is 6.58. The molecule has 0 unspecified atom stereocenters. The Kier molecular flexibility index (Phi) is 6.20. The summed E-state index contributed by atoms with van der Waals surface area (Å²) in [4.78, 5) is 0. The summed E-state index contributed by atoms with van der Waals surface area (Å²) in [5.41, 5.74) is 2.56. The van der Waals surface area contributed by atoms with Gasteiger partial charge in [0, 0.05) is 13.2 Å². The van der Waals surface area contributed by atoms with Gasteiger partial charge in [-0.15, -0.1) is 0 Å². The highest BCUT2D eigenvalue weighted by molar-refractivity contribution is 6.17. The molecule has 1 radical (unpaired) electrons. The summed E-state index contributed by atoms with van der Waals surface area (Å²) >= 11 is 0. The minimum atomic E-state index is 0.648. The molecule has 0 aliphatic carbocycles. The van der Waals surface area contributed by atoms with Crippen LogP contribution in [0.4, 0.5) is 0 Å². The lowest BCUT2D eigenvalue weighted by Crippen LogP contribution is -2.09. The zero-order valence-corrected chi connectivity index (χ0v) is 11.0. The summed E-state index contributed by atoms with van der Waals surface area (Å²) in [5.74, 6) is 0. The van der Waals surface area contributed by atoms with Gasteiger partial charge in [0.2, 0.25) is 0 Å². The SMILES string of the molecule is [B](OCCc1ccccc1)OCCc1ccccc1. The predicted molar refractivity (Wildman–Crippen MR) is 78.0 cm³/mol. The van der Waals surface area contributed by atoms with Gasteiger partial charge >= 0.3 is 7.69 Å². The van der Waals surface area contributed by atoms with Crippen molar-refractivity contribution in [2.75, 3.05) is 13.2 Å². The van der Waals surface area contributed by atoms with Crippen molar-refractivity contribution in [3.63, 3.8) is 0 Å². The fourth-order valence-corrected chi connectivity index (χ4v) is 1.79. The second-order valence-corrected chi connectivity index (χ2v) is 4.31. The molecular weight excluding hydrogens is 235 g/mol. The first kappa shape index (κ1) is 13.8. The van der Waals surface area contributed by atoms with E-state index in [1.807, 2.05) is 36.4 Å². The topological polar surface area (TPSA) is 18.5 Å². The Hall–Kier alpha value is -1.58. The number of hydrogen-bond donors (Lipinski definition) is 0. The molecule has 0 saturated carbocycles. The highest BCUT2D eigenvalue weighted by atomic mass is 16.6. The summed E-state index contributed by atoms with van der Waals surface area (Å²) in [5, 5.41) is 0. The second-order valence-electron chi connectivity index (χ2n) is 4.31. The van der Waals surface area contributed by atoms with Gasteiger partial charge in [-0.05, 0) is 24.0 Å². The normalized spacial score (nSPS) is 10.3. The van der Waals surface area contributed by atoms with Crippen molar-refractivity contribution in [3.8, 4) is 0 Å². The first-order valence-corrected chi connectivity index (χ1v) is 6.58. The highest BCUT2D eigenvalue weighted by Gasteiger charge is 1.97. The molecule has 0 aliphatic heterocycles. The van der Waals surface area contributed by atoms with Gasteiger partial charge in [0.1, 0.15) is 0 Å². The lowest BCUT2D eigenvalue weighted by Gasteiger charge is -2.04. The van der Waals surface area contributed by atoms with Crippen LogP contribution in [-0.4, -0.2) is 20.9 Å². The summed E-state index contributed by atoms with van der Waals surface area (Å²) in [6.45, 7) is 1.30. The maximum atomic E-state index is 5.33. The molecule has 0 heterocycles. The van der Waals surface area contributed by atoms with E-state index in [0.29, 0.717) is 13.2 Å². The van der Waals surface area contributed by atoms with E-state index >= 15 is 0 Å². The molecule has 0 fully saturated rings. The molecule has 97 valence electrons. The van der Waals surface area contributed by atoms with Crippen LogP contribution >= 0.6 is 0 Å². The molecule has 2 aromatic carbocycles. The summed E-state index contributed by atoms with van der Waals surface area (Å²) < 4.78 is 10.7. The van der Waals surface area contributed by atoms with Gasteiger partial charge in [-0.3, -0.25) is 0 Å². The quantitative estimate of drug-likeness (QED) is 0.531. The van der Waals surface area contributed by atoms with Crippen LogP contribution in [-0.2, 0) is 22.2 Å². The molecular formula is C16H18BO2. The van der Waals surface area contributed by atoms with Crippen LogP contribution in [0.2, 0.25) is 0 Å². The minimum Gasteiger partial charge on any atom is -0.413 e. The van der Waals surface area contributed by atoms with E-state index in [0.717, 1.165) is 12.8 Å². The van der Waals surface area contributed by atoms with Crippen molar-refractivity contribution in [2.45, 2.75) is 12.8 Å². The van der Waals surface area contributed by atoms with Gasteiger partial charge in [0.15, 0.2) is 0 Å². The maximum absolute atomic E-state index is 5.33. The first-order chi connectivity index (χ1) is 9.45. The molecule has 0 saturated heterocycles. The monoisotopic (exact) mass is 253 g/mol. The Bertz CT molecular complexity index is 401. The average Bonchev–Trinajstić information content (AvgIpc) is 2.48. The van der Waals surface area contributed by atoms with E-state index in [9.17, 15) is 0 Å². The Morgan fingerprint density at radius 3 is 1.47 bits per heavy atom. The second kappa shape index (κ2) is 8.51. The minimum absolute atomic E-state index is 0.648. The molecule has 19 heavy (non-hydrogen) atoms. The Morgan fingerprint density at radius 2 is 1.05 bits per heavy atom. The van der Waals surface area contributed by atoms with Crippen LogP contribution < -0.4 is 0 Å². The number of benzene rings is 2. The standard InChI is InChI=1S/C16H18BO2/c1-3-7-15(8-4-1)11-13-18-17-19-14-12-16-9-5-2-6-10-16/h1-10H,11-14H2. The zero-order chi connectivity index (χ0) is 13.2. The van der Waals surface area contributed by atoms with Crippen molar-refractivity contribution < 1.29 is 9.31 Å². The molecule has 0 N–H and O–H groups in total. The summed E-state index contributed by atoms with van der Waals surface area (Å²) in [6, 6.07) is 20.6. The molecule has 0 spiro atoms. The van der Waals surface area contributed by atoms with E-state index < -0.39 is 0 Å². The average molecular weight is 253 g/mol. The van der Waals surface area contributed by atoms with Crippen LogP contribution in [0.3, 0.4) is 0 Å². The molecule has 2 nitrogen and oxygen atoms in total. The lowest BCUT2D eigenvalue weighted by atomic mass is 10.1. The Morgan fingerprint density at radius 1 is 0.632 bits per heavy atom. The Balaban J connectivity index is 1.49. The van der Waals surface area contributed by atoms with Crippen LogP contribution in [0.15, 0.2) is 60.7 Å². The van der Waals surface area contributed by atoms with Crippen molar-refractivity contribution in [1.82, 2.24) is 0 Å². The third-order valence-electron chi connectivity index (χ3n) is 2.84. The van der Waals surface area contributed by atoms with Gasteiger partial charge in [-0.1, -0.05) is 60.7 Å². The van der Waals surface area contributed by atoms with Crippen LogP contribution in [0.25, 0.3) is 0 Å². The Labute approximate surface area is 115 Å². The molecule has 2 rings (SSSR count). The van der Waals surface area contributed by atoms with Gasteiger partial charge in [0.05, 0.1) is 0 Å². The van der Waals surface area contributed by atoms with Crippen molar-refractivity contribution in [2.24, 2.45) is 0 Å². The smallest absolute Gasteiger partial charge is 0.413 e. The van der Waals surface area contributed by atoms with Gasteiger partial charge < -0.3 is 9.31 Å². The fraction of sp³-hybridized carbons (Fsp3) is 0.250. The van der Waals surface area contributed by atoms with Gasteiger partial charge in [0.25, 0.3) is 0 Å². The fourth-order valence-electron chi connectivity index (χ4n) is 1.79. The molecule has 0 aromatic heterocycles. The number of hydrogen-bond acceptors (Lipinski definition) is 2. The summed E-state index contributed by atoms with van der Waals surface area (Å²) in [6.07, 6.45) is 1.80. The molecule has 3 heteroatoms. The van der Waals surface area contributed by atoms with Crippen LogP contribution in [0.5, 0.6) is 0 Å². The van der Waals surface area contributed by atoms with Crippen molar-refractivity contribution >= 4 is 7.69 Å². The van der Waals surface area contributed by atoms with Crippen molar-refractivity contribution in [3.05, 3.63) is 71.8 Å². The lowest BCUT2D eigenvalue weighted by molar-refractivity contribution is 0.225. The summed E-state index contributed by atoms with van der Waals surface area (Å²) in [7, 11) is 1.45. The third-order valence-corrected chi connectivity index (χ3v) is 2.84. The van der Waals surface area contributed by atoms with E-state index in [4.69, 9.17) is 9.31 Å². The zero-order valence-electron chi connectivity index (χ0n) is 11.0. The van der Waals surface area contributed by atoms with Crippen LogP contribution in [0.1, 0.15) is 11.1 Å².